The Morgan fingerprint density at radius 2 is 2.00 bits per heavy atom. The minimum absolute atomic E-state index is 0.0291. The molecule has 2 N–H and O–H groups in total. The van der Waals surface area contributed by atoms with Crippen molar-refractivity contribution >= 4 is 11.7 Å². The molecule has 16 heavy (non-hydrogen) atoms. The molecule has 0 saturated heterocycles. The molecular formula is C13H19NO2. The van der Waals surface area contributed by atoms with Gasteiger partial charge in [-0.3, -0.25) is 0 Å². The van der Waals surface area contributed by atoms with Crippen LogP contribution in [0.2, 0.25) is 0 Å². The number of carbonyl (C=O) groups is 1. The molecule has 0 aliphatic rings. The summed E-state index contributed by atoms with van der Waals surface area (Å²) in [6.45, 7) is 8.44. The number of benzene rings is 1. The summed E-state index contributed by atoms with van der Waals surface area (Å²) >= 11 is 0. The minimum Gasteiger partial charge on any atom is -0.462 e. The maximum atomic E-state index is 11.5. The Morgan fingerprint density at radius 1 is 1.38 bits per heavy atom. The Morgan fingerprint density at radius 3 is 2.44 bits per heavy atom. The van der Waals surface area contributed by atoms with Crippen molar-refractivity contribution in [3.8, 4) is 0 Å². The zero-order chi connectivity index (χ0) is 12.3. The molecule has 0 aliphatic carbocycles. The summed E-state index contributed by atoms with van der Waals surface area (Å²) in [4.78, 5) is 11.5. The summed E-state index contributed by atoms with van der Waals surface area (Å²) < 4.78 is 4.92. The predicted octanol–water partition coefficient (Wildman–Crippen LogP) is 2.74. The molecular weight excluding hydrogens is 202 g/mol. The first kappa shape index (κ1) is 12.6. The maximum Gasteiger partial charge on any atom is 0.340 e. The van der Waals surface area contributed by atoms with Crippen LogP contribution in [0.25, 0.3) is 0 Å². The van der Waals surface area contributed by atoms with Gasteiger partial charge in [0.1, 0.15) is 0 Å². The summed E-state index contributed by atoms with van der Waals surface area (Å²) in [6.07, 6.45) is 0. The molecule has 0 heterocycles. The summed E-state index contributed by atoms with van der Waals surface area (Å²) in [6, 6.07) is 5.49. The van der Waals surface area contributed by atoms with E-state index < -0.39 is 0 Å². The molecule has 0 radical (unpaired) electrons. The van der Waals surface area contributed by atoms with Crippen LogP contribution in [-0.2, 0) is 10.2 Å². The fraction of sp³-hybridized carbons (Fsp3) is 0.462. The molecule has 1 rings (SSSR count). The fourth-order valence-electron chi connectivity index (χ4n) is 1.42. The Hall–Kier alpha value is -1.51. The second-order valence-corrected chi connectivity index (χ2v) is 4.77. The zero-order valence-corrected chi connectivity index (χ0v) is 10.3. The van der Waals surface area contributed by atoms with Gasteiger partial charge in [-0.15, -0.1) is 0 Å². The Balaban J connectivity index is 3.05. The molecule has 0 saturated carbocycles. The van der Waals surface area contributed by atoms with Crippen molar-refractivity contribution in [1.29, 1.82) is 0 Å². The molecule has 3 heteroatoms. The SMILES string of the molecule is CCOC(=O)c1ccc(C(C)(C)C)cc1N. The Bertz CT molecular complexity index is 391. The molecule has 0 spiro atoms. The number of carbonyl (C=O) groups excluding carboxylic acids is 1. The summed E-state index contributed by atoms with van der Waals surface area (Å²) in [5.41, 5.74) is 7.90. The van der Waals surface area contributed by atoms with Gasteiger partial charge in [-0.25, -0.2) is 4.79 Å². The van der Waals surface area contributed by atoms with Gasteiger partial charge in [0.2, 0.25) is 0 Å². The van der Waals surface area contributed by atoms with Crippen LogP contribution in [-0.4, -0.2) is 12.6 Å². The van der Waals surface area contributed by atoms with E-state index in [1.807, 2.05) is 12.1 Å². The first-order valence-corrected chi connectivity index (χ1v) is 5.43. The van der Waals surface area contributed by atoms with Gasteiger partial charge in [-0.2, -0.15) is 0 Å². The smallest absolute Gasteiger partial charge is 0.340 e. The number of esters is 1. The van der Waals surface area contributed by atoms with E-state index in [4.69, 9.17) is 10.5 Å². The predicted molar refractivity (Wildman–Crippen MR) is 65.5 cm³/mol. The number of ether oxygens (including phenoxy) is 1. The lowest BCUT2D eigenvalue weighted by Gasteiger charge is -2.20. The summed E-state index contributed by atoms with van der Waals surface area (Å²) in [5.74, 6) is -0.361. The van der Waals surface area contributed by atoms with Gasteiger partial charge in [-0.1, -0.05) is 26.8 Å². The third kappa shape index (κ3) is 2.75. The summed E-state index contributed by atoms with van der Waals surface area (Å²) in [7, 11) is 0. The van der Waals surface area contributed by atoms with E-state index in [1.165, 1.54) is 0 Å². The van der Waals surface area contributed by atoms with Gasteiger partial charge in [0.05, 0.1) is 12.2 Å². The van der Waals surface area contributed by atoms with E-state index in [2.05, 4.69) is 20.8 Å². The monoisotopic (exact) mass is 221 g/mol. The second kappa shape index (κ2) is 4.56. The molecule has 1 aromatic carbocycles. The average Bonchev–Trinajstić information content (AvgIpc) is 2.16. The lowest BCUT2D eigenvalue weighted by molar-refractivity contribution is 0.0527. The van der Waals surface area contributed by atoms with Gasteiger partial charge >= 0.3 is 5.97 Å². The third-order valence-corrected chi connectivity index (χ3v) is 2.41. The average molecular weight is 221 g/mol. The van der Waals surface area contributed by atoms with Crippen molar-refractivity contribution < 1.29 is 9.53 Å². The van der Waals surface area contributed by atoms with E-state index in [9.17, 15) is 4.79 Å². The van der Waals surface area contributed by atoms with Gasteiger partial charge < -0.3 is 10.5 Å². The van der Waals surface area contributed by atoms with Crippen LogP contribution < -0.4 is 5.73 Å². The fourth-order valence-corrected chi connectivity index (χ4v) is 1.42. The molecule has 0 aromatic heterocycles. The Kier molecular flexibility index (Phi) is 3.58. The minimum atomic E-state index is -0.361. The van der Waals surface area contributed by atoms with E-state index >= 15 is 0 Å². The highest BCUT2D eigenvalue weighted by atomic mass is 16.5. The van der Waals surface area contributed by atoms with Crippen LogP contribution in [0.1, 0.15) is 43.6 Å². The van der Waals surface area contributed by atoms with E-state index in [0.717, 1.165) is 5.56 Å². The highest BCUT2D eigenvalue weighted by Crippen LogP contribution is 2.26. The van der Waals surface area contributed by atoms with E-state index in [1.54, 1.807) is 13.0 Å². The van der Waals surface area contributed by atoms with Crippen LogP contribution in [0, 0.1) is 0 Å². The van der Waals surface area contributed by atoms with Crippen LogP contribution in [0.15, 0.2) is 18.2 Å². The molecule has 0 atom stereocenters. The number of nitrogens with two attached hydrogens (primary N) is 1. The maximum absolute atomic E-state index is 11.5. The topological polar surface area (TPSA) is 52.3 Å². The number of nitrogen functional groups attached to an aromatic ring is 1. The molecule has 0 bridgehead atoms. The molecule has 0 fully saturated rings. The molecule has 3 nitrogen and oxygen atoms in total. The molecule has 0 amide bonds. The van der Waals surface area contributed by atoms with Crippen molar-refractivity contribution in [3.05, 3.63) is 29.3 Å². The largest absolute Gasteiger partial charge is 0.462 e. The third-order valence-electron chi connectivity index (χ3n) is 2.41. The van der Waals surface area contributed by atoms with E-state index in [0.29, 0.717) is 17.9 Å². The number of rotatable bonds is 2. The molecule has 0 unspecified atom stereocenters. The number of hydrogen-bond donors (Lipinski definition) is 1. The van der Waals surface area contributed by atoms with Crippen molar-refractivity contribution in [2.75, 3.05) is 12.3 Å². The number of anilines is 1. The van der Waals surface area contributed by atoms with Crippen molar-refractivity contribution in [2.45, 2.75) is 33.1 Å². The molecule has 0 aliphatic heterocycles. The zero-order valence-electron chi connectivity index (χ0n) is 10.3. The lowest BCUT2D eigenvalue weighted by atomic mass is 9.86. The van der Waals surface area contributed by atoms with Crippen LogP contribution >= 0.6 is 0 Å². The van der Waals surface area contributed by atoms with Crippen LogP contribution in [0.5, 0.6) is 0 Å². The quantitative estimate of drug-likeness (QED) is 0.617. The van der Waals surface area contributed by atoms with Crippen LogP contribution in [0.4, 0.5) is 5.69 Å². The van der Waals surface area contributed by atoms with E-state index in [-0.39, 0.29) is 11.4 Å². The highest BCUT2D eigenvalue weighted by molar-refractivity contribution is 5.95. The summed E-state index contributed by atoms with van der Waals surface area (Å²) in [5, 5.41) is 0. The first-order valence-electron chi connectivity index (χ1n) is 5.43. The normalized spacial score (nSPS) is 11.2. The van der Waals surface area contributed by atoms with Gasteiger partial charge in [0.25, 0.3) is 0 Å². The lowest BCUT2D eigenvalue weighted by Crippen LogP contribution is -2.14. The van der Waals surface area contributed by atoms with Gasteiger partial charge in [-0.05, 0) is 30.0 Å². The standard InChI is InChI=1S/C13H19NO2/c1-5-16-12(15)10-7-6-9(8-11(10)14)13(2,3)4/h6-8H,5,14H2,1-4H3. The van der Waals surface area contributed by atoms with Gasteiger partial charge in [0.15, 0.2) is 0 Å². The van der Waals surface area contributed by atoms with Crippen LogP contribution in [0.3, 0.4) is 0 Å². The Labute approximate surface area is 96.6 Å². The van der Waals surface area contributed by atoms with Crippen molar-refractivity contribution in [3.63, 3.8) is 0 Å². The number of hydrogen-bond acceptors (Lipinski definition) is 3. The molecule has 88 valence electrons. The van der Waals surface area contributed by atoms with Crippen molar-refractivity contribution in [2.24, 2.45) is 0 Å². The van der Waals surface area contributed by atoms with Gasteiger partial charge in [0, 0.05) is 5.69 Å². The van der Waals surface area contributed by atoms with Crippen molar-refractivity contribution in [1.82, 2.24) is 0 Å². The second-order valence-electron chi connectivity index (χ2n) is 4.77. The first-order chi connectivity index (χ1) is 7.36. The highest BCUT2D eigenvalue weighted by Gasteiger charge is 2.17. The molecule has 1 aromatic rings.